The van der Waals surface area contributed by atoms with Crippen molar-refractivity contribution in [3.8, 4) is 0 Å². The van der Waals surface area contributed by atoms with E-state index in [0.717, 1.165) is 30.4 Å². The molecule has 3 N–H and O–H groups in total. The van der Waals surface area contributed by atoms with Gasteiger partial charge in [0.2, 0.25) is 17.7 Å². The van der Waals surface area contributed by atoms with E-state index >= 15 is 0 Å². The van der Waals surface area contributed by atoms with E-state index < -0.39 is 42.0 Å². The van der Waals surface area contributed by atoms with Crippen LogP contribution in [0.5, 0.6) is 0 Å². The molecular weight excluding hydrogens is 458 g/mol. The third-order valence-corrected chi connectivity index (χ3v) is 7.03. The minimum Gasteiger partial charge on any atom is -0.460 e. The van der Waals surface area contributed by atoms with Crippen LogP contribution in [-0.2, 0) is 30.3 Å². The van der Waals surface area contributed by atoms with Gasteiger partial charge in [0.25, 0.3) is 0 Å². The van der Waals surface area contributed by atoms with E-state index in [0.29, 0.717) is 6.42 Å². The lowest BCUT2D eigenvalue weighted by Crippen LogP contribution is -2.55. The minimum atomic E-state index is -0.894. The molecule has 8 heteroatoms. The van der Waals surface area contributed by atoms with Gasteiger partial charge in [0.05, 0.1) is 6.42 Å². The molecule has 1 aromatic carbocycles. The van der Waals surface area contributed by atoms with Crippen LogP contribution in [0.25, 0.3) is 0 Å². The smallest absolute Gasteiger partial charge is 0.329 e. The van der Waals surface area contributed by atoms with Crippen LogP contribution in [0.3, 0.4) is 0 Å². The molecule has 1 aromatic rings. The zero-order valence-corrected chi connectivity index (χ0v) is 22.6. The molecule has 8 nitrogen and oxygen atoms in total. The first-order valence-electron chi connectivity index (χ1n) is 13.2. The van der Waals surface area contributed by atoms with Crippen LogP contribution in [-0.4, -0.2) is 47.9 Å². The highest BCUT2D eigenvalue weighted by atomic mass is 16.5. The van der Waals surface area contributed by atoms with Crippen LogP contribution in [0, 0.1) is 18.8 Å². The fourth-order valence-electron chi connectivity index (χ4n) is 4.23. The zero-order chi connectivity index (χ0) is 26.8. The Morgan fingerprint density at radius 3 is 2.22 bits per heavy atom. The van der Waals surface area contributed by atoms with Crippen LogP contribution in [0.2, 0.25) is 0 Å². The fraction of sp³-hybridized carbons (Fsp3) is 0.643. The van der Waals surface area contributed by atoms with Crippen molar-refractivity contribution in [3.63, 3.8) is 0 Å². The number of carbonyl (C=O) groups is 4. The van der Waals surface area contributed by atoms with Crippen LogP contribution < -0.4 is 16.0 Å². The van der Waals surface area contributed by atoms with Crippen molar-refractivity contribution in [3.05, 3.63) is 35.4 Å². The lowest BCUT2D eigenvalue weighted by molar-refractivity contribution is -0.158. The van der Waals surface area contributed by atoms with Crippen molar-refractivity contribution < 1.29 is 23.9 Å². The summed E-state index contributed by atoms with van der Waals surface area (Å²) in [5, 5.41) is 8.31. The molecule has 6 atom stereocenters. The number of cyclic esters (lactones) is 1. The average molecular weight is 502 g/mol. The van der Waals surface area contributed by atoms with E-state index in [-0.39, 0.29) is 30.6 Å². The number of nitrogens with one attached hydrogen (secondary N) is 3. The molecule has 0 radical (unpaired) electrons. The molecule has 1 saturated heterocycles. The number of ether oxygens (including phenoxy) is 1. The summed E-state index contributed by atoms with van der Waals surface area (Å²) < 4.78 is 5.89. The molecule has 1 aliphatic rings. The summed E-state index contributed by atoms with van der Waals surface area (Å²) in [4.78, 5) is 52.5. The van der Waals surface area contributed by atoms with Gasteiger partial charge in [-0.25, -0.2) is 4.79 Å². The number of hydrogen-bond acceptors (Lipinski definition) is 5. The first-order chi connectivity index (χ1) is 17.0. The molecule has 1 heterocycles. The number of aryl methyl sites for hydroxylation is 1. The van der Waals surface area contributed by atoms with E-state index in [9.17, 15) is 19.2 Å². The molecule has 1 fully saturated rings. The quantitative estimate of drug-likeness (QED) is 0.474. The first kappa shape index (κ1) is 29.3. The zero-order valence-electron chi connectivity index (χ0n) is 22.6. The number of carbonyl (C=O) groups excluding carboxylic acids is 4. The molecule has 0 aromatic heterocycles. The van der Waals surface area contributed by atoms with Crippen molar-refractivity contribution in [1.29, 1.82) is 0 Å². The molecule has 1 aliphatic heterocycles. The summed E-state index contributed by atoms with van der Waals surface area (Å²) in [6, 6.07) is 5.10. The normalized spacial score (nSPS) is 25.7. The Balaban J connectivity index is 2.38. The standard InChI is InChI=1S/C28H43N3O5/c1-7-9-10-19(5)23-16-24(32)30-22(15-21-13-11-17(3)12-14-21)27(34)29-20(6)26(33)31-25(18(4)8-2)28(35)36-23/h11-14,18-20,22-23,25H,7-10,15-16H2,1-6H3,(H,29,34)(H,30,32)(H,31,33)/t18-,19-,20-,22-,23-,25+/m0/s1. The summed E-state index contributed by atoms with van der Waals surface area (Å²) in [7, 11) is 0. The topological polar surface area (TPSA) is 114 Å². The van der Waals surface area contributed by atoms with Crippen molar-refractivity contribution in [1.82, 2.24) is 16.0 Å². The van der Waals surface area contributed by atoms with Gasteiger partial charge in [-0.15, -0.1) is 0 Å². The van der Waals surface area contributed by atoms with Gasteiger partial charge in [-0.2, -0.15) is 0 Å². The highest BCUT2D eigenvalue weighted by molar-refractivity contribution is 5.94. The third-order valence-electron chi connectivity index (χ3n) is 7.03. The summed E-state index contributed by atoms with van der Waals surface area (Å²) in [6.45, 7) is 11.4. The van der Waals surface area contributed by atoms with Gasteiger partial charge in [-0.3, -0.25) is 14.4 Å². The number of hydrogen-bond donors (Lipinski definition) is 3. The largest absolute Gasteiger partial charge is 0.460 e. The van der Waals surface area contributed by atoms with Crippen molar-refractivity contribution in [2.75, 3.05) is 0 Å². The van der Waals surface area contributed by atoms with Crippen LogP contribution in [0.4, 0.5) is 0 Å². The number of esters is 1. The lowest BCUT2D eigenvalue weighted by Gasteiger charge is -2.29. The Morgan fingerprint density at radius 1 is 0.944 bits per heavy atom. The van der Waals surface area contributed by atoms with Crippen molar-refractivity contribution in [2.24, 2.45) is 11.8 Å². The number of amides is 3. The van der Waals surface area contributed by atoms with E-state index in [2.05, 4.69) is 22.9 Å². The molecule has 36 heavy (non-hydrogen) atoms. The van der Waals surface area contributed by atoms with Gasteiger partial charge in [0.1, 0.15) is 24.2 Å². The summed E-state index contributed by atoms with van der Waals surface area (Å²) in [5.74, 6) is -2.07. The maximum absolute atomic E-state index is 13.2. The van der Waals surface area contributed by atoms with Crippen LogP contribution in [0.15, 0.2) is 24.3 Å². The summed E-state index contributed by atoms with van der Waals surface area (Å²) in [5.41, 5.74) is 1.98. The van der Waals surface area contributed by atoms with Gasteiger partial charge in [-0.05, 0) is 37.7 Å². The lowest BCUT2D eigenvalue weighted by atomic mass is 9.94. The predicted molar refractivity (Wildman–Crippen MR) is 139 cm³/mol. The Labute approximate surface area is 215 Å². The molecule has 0 saturated carbocycles. The van der Waals surface area contributed by atoms with Crippen molar-refractivity contribution >= 4 is 23.7 Å². The molecule has 3 amide bonds. The second kappa shape index (κ2) is 14.0. The second-order valence-electron chi connectivity index (χ2n) is 10.2. The maximum atomic E-state index is 13.2. The number of rotatable bonds is 8. The SMILES string of the molecule is CCCC[C@H](C)[C@@H]1CC(=O)N[C@@H](Cc2ccc(C)cc2)C(=O)N[C@@H](C)C(=O)N[C@H]([C@@H](C)CC)C(=O)O1. The van der Waals surface area contributed by atoms with Gasteiger partial charge in [-0.1, -0.05) is 76.8 Å². The first-order valence-corrected chi connectivity index (χ1v) is 13.2. The van der Waals surface area contributed by atoms with E-state index in [1.807, 2.05) is 52.0 Å². The third kappa shape index (κ3) is 8.64. The number of unbranched alkanes of at least 4 members (excludes halogenated alkanes) is 1. The van der Waals surface area contributed by atoms with Gasteiger partial charge >= 0.3 is 5.97 Å². The molecule has 0 aliphatic carbocycles. The fourth-order valence-corrected chi connectivity index (χ4v) is 4.23. The Hall–Kier alpha value is -2.90. The van der Waals surface area contributed by atoms with Gasteiger partial charge in [0.15, 0.2) is 0 Å². The molecule has 0 spiro atoms. The second-order valence-corrected chi connectivity index (χ2v) is 10.2. The molecular formula is C28H43N3O5. The van der Waals surface area contributed by atoms with Crippen molar-refractivity contribution in [2.45, 2.75) is 104 Å². The highest BCUT2D eigenvalue weighted by Gasteiger charge is 2.35. The number of benzene rings is 1. The molecule has 0 unspecified atom stereocenters. The highest BCUT2D eigenvalue weighted by Crippen LogP contribution is 2.21. The molecule has 200 valence electrons. The van der Waals surface area contributed by atoms with Crippen LogP contribution in [0.1, 0.15) is 77.8 Å². The Morgan fingerprint density at radius 2 is 1.61 bits per heavy atom. The van der Waals surface area contributed by atoms with Gasteiger partial charge < -0.3 is 20.7 Å². The van der Waals surface area contributed by atoms with E-state index in [4.69, 9.17) is 4.74 Å². The monoisotopic (exact) mass is 501 g/mol. The molecule has 2 rings (SSSR count). The summed E-state index contributed by atoms with van der Waals surface area (Å²) in [6.07, 6.45) is 2.94. The Kier molecular flexibility index (Phi) is 11.4. The van der Waals surface area contributed by atoms with E-state index in [1.165, 1.54) is 0 Å². The maximum Gasteiger partial charge on any atom is 0.329 e. The predicted octanol–water partition coefficient (Wildman–Crippen LogP) is 3.20. The molecule has 0 bridgehead atoms. The minimum absolute atomic E-state index is 0.0506. The Bertz CT molecular complexity index is 901. The van der Waals surface area contributed by atoms with Gasteiger partial charge in [0, 0.05) is 6.42 Å². The summed E-state index contributed by atoms with van der Waals surface area (Å²) >= 11 is 0. The van der Waals surface area contributed by atoms with Crippen LogP contribution >= 0.6 is 0 Å². The average Bonchev–Trinajstić information content (AvgIpc) is 2.85. The van der Waals surface area contributed by atoms with E-state index in [1.54, 1.807) is 6.92 Å².